The number of hydrogen-bond donors (Lipinski definition) is 1. The van der Waals surface area contributed by atoms with Crippen molar-refractivity contribution < 1.29 is 9.47 Å². The molecule has 0 amide bonds. The minimum Gasteiger partial charge on any atom is -0.491 e. The molecule has 0 saturated heterocycles. The van der Waals surface area contributed by atoms with Gasteiger partial charge in [-0.2, -0.15) is 0 Å². The summed E-state index contributed by atoms with van der Waals surface area (Å²) in [6.07, 6.45) is 0.184. The minimum absolute atomic E-state index is 0.123. The highest BCUT2D eigenvalue weighted by atomic mass is 16.5. The van der Waals surface area contributed by atoms with Gasteiger partial charge in [0.1, 0.15) is 5.75 Å². The van der Waals surface area contributed by atoms with Crippen molar-refractivity contribution >= 4 is 0 Å². The van der Waals surface area contributed by atoms with Gasteiger partial charge in [-0.1, -0.05) is 12.1 Å². The molecule has 3 heteroatoms. The largest absolute Gasteiger partial charge is 0.491 e. The van der Waals surface area contributed by atoms with Crippen molar-refractivity contribution in [3.63, 3.8) is 0 Å². The second kappa shape index (κ2) is 6.21. The predicted molar refractivity (Wildman–Crippen MR) is 75.1 cm³/mol. The van der Waals surface area contributed by atoms with E-state index in [-0.39, 0.29) is 17.7 Å². The summed E-state index contributed by atoms with van der Waals surface area (Å²) in [5, 5.41) is 3.31. The normalized spacial score (nSPS) is 13.7. The van der Waals surface area contributed by atoms with Crippen LogP contribution in [-0.2, 0) is 4.74 Å². The van der Waals surface area contributed by atoms with E-state index in [9.17, 15) is 0 Å². The standard InChI is InChI=1S/C15H25NO2/c1-11(2)18-13-9-7-8-12(10-13)14(16-5)15(3,4)17-6/h7-11,14,16H,1-6H3. The van der Waals surface area contributed by atoms with Gasteiger partial charge in [-0.3, -0.25) is 0 Å². The Morgan fingerprint density at radius 3 is 2.39 bits per heavy atom. The van der Waals surface area contributed by atoms with Gasteiger partial charge >= 0.3 is 0 Å². The zero-order valence-corrected chi connectivity index (χ0v) is 12.3. The minimum atomic E-state index is -0.273. The lowest BCUT2D eigenvalue weighted by Crippen LogP contribution is -2.39. The van der Waals surface area contributed by atoms with Crippen molar-refractivity contribution in [2.24, 2.45) is 0 Å². The van der Waals surface area contributed by atoms with Crippen LogP contribution in [0.4, 0.5) is 0 Å². The molecule has 0 aliphatic carbocycles. The maximum Gasteiger partial charge on any atom is 0.120 e. The first kappa shape index (κ1) is 15.0. The number of likely N-dealkylation sites (N-methyl/N-ethyl adjacent to an activating group) is 1. The molecule has 3 nitrogen and oxygen atoms in total. The predicted octanol–water partition coefficient (Wildman–Crippen LogP) is 3.16. The van der Waals surface area contributed by atoms with Crippen LogP contribution in [0.2, 0.25) is 0 Å². The van der Waals surface area contributed by atoms with Gasteiger partial charge in [0, 0.05) is 7.11 Å². The average Bonchev–Trinajstić information content (AvgIpc) is 2.29. The highest BCUT2D eigenvalue weighted by Gasteiger charge is 2.29. The Kier molecular flexibility index (Phi) is 5.17. The summed E-state index contributed by atoms with van der Waals surface area (Å²) in [4.78, 5) is 0. The number of nitrogens with one attached hydrogen (secondary N) is 1. The third-order valence-corrected chi connectivity index (χ3v) is 3.07. The van der Waals surface area contributed by atoms with E-state index in [1.807, 2.05) is 33.0 Å². The monoisotopic (exact) mass is 251 g/mol. The maximum atomic E-state index is 5.73. The molecule has 0 fully saturated rings. The van der Waals surface area contributed by atoms with Crippen molar-refractivity contribution in [3.05, 3.63) is 29.8 Å². The Morgan fingerprint density at radius 1 is 1.22 bits per heavy atom. The molecule has 0 aromatic heterocycles. The second-order valence-corrected chi connectivity index (χ2v) is 5.27. The number of rotatable bonds is 6. The molecule has 1 atom stereocenters. The van der Waals surface area contributed by atoms with E-state index in [0.717, 1.165) is 5.75 Å². The summed E-state index contributed by atoms with van der Waals surface area (Å²) in [5.74, 6) is 0.898. The Morgan fingerprint density at radius 2 is 1.89 bits per heavy atom. The summed E-state index contributed by atoms with van der Waals surface area (Å²) in [6, 6.07) is 8.29. The van der Waals surface area contributed by atoms with Crippen LogP contribution in [0.25, 0.3) is 0 Å². The van der Waals surface area contributed by atoms with Gasteiger partial charge in [0.2, 0.25) is 0 Å². The summed E-state index contributed by atoms with van der Waals surface area (Å²) >= 11 is 0. The lowest BCUT2D eigenvalue weighted by atomic mass is 9.91. The molecular weight excluding hydrogens is 226 g/mol. The van der Waals surface area contributed by atoms with Crippen LogP contribution in [-0.4, -0.2) is 25.9 Å². The molecule has 0 aliphatic rings. The molecule has 0 radical (unpaired) electrons. The van der Waals surface area contributed by atoms with Crippen LogP contribution in [0.3, 0.4) is 0 Å². The van der Waals surface area contributed by atoms with Gasteiger partial charge in [0.15, 0.2) is 0 Å². The van der Waals surface area contributed by atoms with Gasteiger partial charge in [-0.25, -0.2) is 0 Å². The van der Waals surface area contributed by atoms with E-state index in [2.05, 4.69) is 31.3 Å². The molecule has 0 spiro atoms. The number of benzene rings is 1. The molecule has 1 aromatic carbocycles. The molecule has 0 heterocycles. The zero-order valence-electron chi connectivity index (χ0n) is 12.3. The first-order valence-electron chi connectivity index (χ1n) is 6.39. The number of hydrogen-bond acceptors (Lipinski definition) is 3. The van der Waals surface area contributed by atoms with Crippen molar-refractivity contribution in [3.8, 4) is 5.75 Å². The van der Waals surface area contributed by atoms with E-state index in [0.29, 0.717) is 0 Å². The Balaban J connectivity index is 3.00. The van der Waals surface area contributed by atoms with Gasteiger partial charge < -0.3 is 14.8 Å². The summed E-state index contributed by atoms with van der Waals surface area (Å²) in [7, 11) is 3.68. The van der Waals surface area contributed by atoms with Gasteiger partial charge in [-0.05, 0) is 52.4 Å². The van der Waals surface area contributed by atoms with E-state index in [1.54, 1.807) is 7.11 Å². The number of methoxy groups -OCH3 is 1. The summed E-state index contributed by atoms with van der Waals surface area (Å²) in [5.41, 5.74) is 0.896. The molecule has 1 N–H and O–H groups in total. The van der Waals surface area contributed by atoms with E-state index < -0.39 is 0 Å². The molecule has 102 valence electrons. The lowest BCUT2D eigenvalue weighted by molar-refractivity contribution is -0.00904. The molecule has 0 saturated carbocycles. The molecule has 18 heavy (non-hydrogen) atoms. The lowest BCUT2D eigenvalue weighted by Gasteiger charge is -2.33. The number of ether oxygens (including phenoxy) is 2. The fourth-order valence-corrected chi connectivity index (χ4v) is 2.07. The first-order chi connectivity index (χ1) is 8.40. The van der Waals surface area contributed by atoms with Gasteiger partial charge in [-0.15, -0.1) is 0 Å². The highest BCUT2D eigenvalue weighted by Crippen LogP contribution is 2.30. The summed E-state index contributed by atoms with van der Waals surface area (Å²) < 4.78 is 11.3. The zero-order chi connectivity index (χ0) is 13.8. The smallest absolute Gasteiger partial charge is 0.120 e. The fraction of sp³-hybridized carbons (Fsp3) is 0.600. The SMILES string of the molecule is CNC(c1cccc(OC(C)C)c1)C(C)(C)OC. The quantitative estimate of drug-likeness (QED) is 0.842. The van der Waals surface area contributed by atoms with E-state index in [4.69, 9.17) is 9.47 Å². The van der Waals surface area contributed by atoms with Crippen LogP contribution in [0.5, 0.6) is 5.75 Å². The molecule has 1 rings (SSSR count). The Labute approximate surface area is 110 Å². The fourth-order valence-electron chi connectivity index (χ4n) is 2.07. The second-order valence-electron chi connectivity index (χ2n) is 5.27. The molecular formula is C15H25NO2. The third kappa shape index (κ3) is 3.72. The van der Waals surface area contributed by atoms with Gasteiger partial charge in [0.05, 0.1) is 17.7 Å². The van der Waals surface area contributed by atoms with Gasteiger partial charge in [0.25, 0.3) is 0 Å². The molecule has 1 aromatic rings. The average molecular weight is 251 g/mol. The van der Waals surface area contributed by atoms with Crippen molar-refractivity contribution in [1.29, 1.82) is 0 Å². The molecule has 1 unspecified atom stereocenters. The summed E-state index contributed by atoms with van der Waals surface area (Å²) in [6.45, 7) is 8.21. The molecule has 0 bridgehead atoms. The van der Waals surface area contributed by atoms with Crippen LogP contribution < -0.4 is 10.1 Å². The van der Waals surface area contributed by atoms with Crippen molar-refractivity contribution in [1.82, 2.24) is 5.32 Å². The van der Waals surface area contributed by atoms with Crippen LogP contribution >= 0.6 is 0 Å². The van der Waals surface area contributed by atoms with Crippen LogP contribution in [0.1, 0.15) is 39.3 Å². The van der Waals surface area contributed by atoms with Crippen LogP contribution in [0.15, 0.2) is 24.3 Å². The van der Waals surface area contributed by atoms with Crippen molar-refractivity contribution in [2.75, 3.05) is 14.2 Å². The van der Waals surface area contributed by atoms with E-state index >= 15 is 0 Å². The molecule has 0 aliphatic heterocycles. The maximum absolute atomic E-state index is 5.73. The van der Waals surface area contributed by atoms with Crippen LogP contribution in [0, 0.1) is 0 Å². The first-order valence-corrected chi connectivity index (χ1v) is 6.39. The highest BCUT2D eigenvalue weighted by molar-refractivity contribution is 5.32. The Bertz CT molecular complexity index is 375. The van der Waals surface area contributed by atoms with E-state index in [1.165, 1.54) is 5.56 Å². The third-order valence-electron chi connectivity index (χ3n) is 3.07. The van der Waals surface area contributed by atoms with Crippen molar-refractivity contribution in [2.45, 2.75) is 45.4 Å². The topological polar surface area (TPSA) is 30.5 Å². The Hall–Kier alpha value is -1.06.